The molecule has 0 spiro atoms. The van der Waals surface area contributed by atoms with E-state index in [0.29, 0.717) is 6.61 Å². The molecule has 0 aliphatic rings. The maximum atomic E-state index is 11.4. The van der Waals surface area contributed by atoms with Crippen LogP contribution in [-0.4, -0.2) is 12.6 Å². The molecule has 0 aliphatic carbocycles. The first kappa shape index (κ1) is 16.2. The summed E-state index contributed by atoms with van der Waals surface area (Å²) in [6.45, 7) is 6.71. The van der Waals surface area contributed by atoms with Crippen molar-refractivity contribution in [1.82, 2.24) is 0 Å². The first-order valence-electron chi connectivity index (χ1n) is 7.10. The van der Waals surface area contributed by atoms with E-state index < -0.39 is 0 Å². The first-order valence-corrected chi connectivity index (χ1v) is 7.10. The molecular weight excluding hydrogens is 212 g/mol. The number of unbranched alkanes of at least 4 members (excludes halogenated alkanes) is 4. The number of hydrogen-bond acceptors (Lipinski definition) is 2. The lowest BCUT2D eigenvalue weighted by Crippen LogP contribution is -2.01. The molecule has 0 unspecified atom stereocenters. The van der Waals surface area contributed by atoms with Crippen LogP contribution >= 0.6 is 0 Å². The summed E-state index contributed by atoms with van der Waals surface area (Å²) in [5, 5.41) is 0. The highest BCUT2D eigenvalue weighted by Gasteiger charge is 2.03. The number of allylic oxidation sites excluding steroid dienone is 1. The lowest BCUT2D eigenvalue weighted by molar-refractivity contribution is -0.137. The van der Waals surface area contributed by atoms with Crippen LogP contribution in [-0.2, 0) is 9.53 Å². The molecule has 0 aromatic heterocycles. The van der Waals surface area contributed by atoms with Gasteiger partial charge in [0, 0.05) is 6.08 Å². The van der Waals surface area contributed by atoms with Crippen LogP contribution in [0.15, 0.2) is 11.6 Å². The normalized spacial score (nSPS) is 10.1. The standard InChI is InChI=1S/C15H28O2/c1-4-7-9-11-14(12-10-8-5-2)13-15(16)17-6-3/h13H,4-12H2,1-3H3. The molecule has 0 saturated carbocycles. The number of esters is 1. The molecule has 2 nitrogen and oxygen atoms in total. The fourth-order valence-corrected chi connectivity index (χ4v) is 1.82. The van der Waals surface area contributed by atoms with Crippen LogP contribution in [0.25, 0.3) is 0 Å². The second-order valence-electron chi connectivity index (χ2n) is 4.47. The highest BCUT2D eigenvalue weighted by atomic mass is 16.5. The molecule has 100 valence electrons. The molecule has 0 N–H and O–H groups in total. The van der Waals surface area contributed by atoms with Crippen LogP contribution in [0.1, 0.15) is 72.1 Å². The molecule has 0 fully saturated rings. The Morgan fingerprint density at radius 3 is 1.88 bits per heavy atom. The molecule has 0 aromatic carbocycles. The molecule has 17 heavy (non-hydrogen) atoms. The molecule has 0 bridgehead atoms. The van der Waals surface area contributed by atoms with Gasteiger partial charge in [0.15, 0.2) is 0 Å². The average molecular weight is 240 g/mol. The quantitative estimate of drug-likeness (QED) is 0.316. The van der Waals surface area contributed by atoms with Crippen molar-refractivity contribution < 1.29 is 9.53 Å². The lowest BCUT2D eigenvalue weighted by atomic mass is 10.0. The minimum atomic E-state index is -0.171. The molecule has 0 amide bonds. The van der Waals surface area contributed by atoms with Gasteiger partial charge in [0.1, 0.15) is 0 Å². The van der Waals surface area contributed by atoms with E-state index in [9.17, 15) is 4.79 Å². The van der Waals surface area contributed by atoms with Gasteiger partial charge in [-0.1, -0.05) is 45.1 Å². The summed E-state index contributed by atoms with van der Waals surface area (Å²) in [5.41, 5.74) is 1.27. The lowest BCUT2D eigenvalue weighted by Gasteiger charge is -2.07. The summed E-state index contributed by atoms with van der Waals surface area (Å²) < 4.78 is 4.97. The second kappa shape index (κ2) is 11.7. The van der Waals surface area contributed by atoms with Crippen molar-refractivity contribution >= 4 is 5.97 Å². The Bertz CT molecular complexity index is 207. The summed E-state index contributed by atoms with van der Waals surface area (Å²) in [7, 11) is 0. The minimum absolute atomic E-state index is 0.171. The van der Waals surface area contributed by atoms with E-state index >= 15 is 0 Å². The first-order chi connectivity index (χ1) is 8.24. The van der Waals surface area contributed by atoms with Crippen LogP contribution in [0.4, 0.5) is 0 Å². The van der Waals surface area contributed by atoms with Crippen LogP contribution in [0.3, 0.4) is 0 Å². The average Bonchev–Trinajstić information content (AvgIpc) is 2.29. The van der Waals surface area contributed by atoms with Crippen molar-refractivity contribution in [3.8, 4) is 0 Å². The van der Waals surface area contributed by atoms with Crippen LogP contribution in [0.5, 0.6) is 0 Å². The fraction of sp³-hybridized carbons (Fsp3) is 0.800. The monoisotopic (exact) mass is 240 g/mol. The number of ether oxygens (including phenoxy) is 1. The third-order valence-corrected chi connectivity index (χ3v) is 2.81. The number of carbonyl (C=O) groups excluding carboxylic acids is 1. The van der Waals surface area contributed by atoms with E-state index in [0.717, 1.165) is 12.8 Å². The zero-order valence-corrected chi connectivity index (χ0v) is 11.8. The predicted molar refractivity (Wildman–Crippen MR) is 73.0 cm³/mol. The van der Waals surface area contributed by atoms with Crippen molar-refractivity contribution in [2.75, 3.05) is 6.61 Å². The largest absolute Gasteiger partial charge is 0.463 e. The molecule has 2 heteroatoms. The Hall–Kier alpha value is -0.790. The zero-order valence-electron chi connectivity index (χ0n) is 11.8. The van der Waals surface area contributed by atoms with Gasteiger partial charge in [-0.05, 0) is 32.6 Å². The van der Waals surface area contributed by atoms with Crippen LogP contribution in [0.2, 0.25) is 0 Å². The molecule has 0 heterocycles. The summed E-state index contributed by atoms with van der Waals surface area (Å²) in [5.74, 6) is -0.171. The molecule has 0 atom stereocenters. The van der Waals surface area contributed by atoms with Gasteiger partial charge in [-0.15, -0.1) is 0 Å². The van der Waals surface area contributed by atoms with Gasteiger partial charge < -0.3 is 4.74 Å². The summed E-state index contributed by atoms with van der Waals surface area (Å²) >= 11 is 0. The van der Waals surface area contributed by atoms with E-state index in [2.05, 4.69) is 13.8 Å². The topological polar surface area (TPSA) is 26.3 Å². The van der Waals surface area contributed by atoms with E-state index in [1.54, 1.807) is 6.08 Å². The van der Waals surface area contributed by atoms with Gasteiger partial charge >= 0.3 is 5.97 Å². The van der Waals surface area contributed by atoms with Crippen molar-refractivity contribution in [3.05, 3.63) is 11.6 Å². The fourth-order valence-electron chi connectivity index (χ4n) is 1.82. The Morgan fingerprint density at radius 2 is 1.47 bits per heavy atom. The number of rotatable bonds is 10. The Morgan fingerprint density at radius 1 is 0.941 bits per heavy atom. The molecule has 0 radical (unpaired) electrons. The summed E-state index contributed by atoms with van der Waals surface area (Å²) in [6, 6.07) is 0. The van der Waals surface area contributed by atoms with Gasteiger partial charge in [0.05, 0.1) is 6.61 Å². The summed E-state index contributed by atoms with van der Waals surface area (Å²) in [6.07, 6.45) is 11.1. The number of carbonyl (C=O) groups is 1. The van der Waals surface area contributed by atoms with Gasteiger partial charge in [0.2, 0.25) is 0 Å². The molecular formula is C15H28O2. The van der Waals surface area contributed by atoms with Crippen molar-refractivity contribution in [3.63, 3.8) is 0 Å². The number of hydrogen-bond donors (Lipinski definition) is 0. The van der Waals surface area contributed by atoms with Crippen LogP contribution in [0, 0.1) is 0 Å². The van der Waals surface area contributed by atoms with Crippen molar-refractivity contribution in [1.29, 1.82) is 0 Å². The molecule has 0 rings (SSSR count). The maximum Gasteiger partial charge on any atom is 0.330 e. The van der Waals surface area contributed by atoms with Gasteiger partial charge in [-0.25, -0.2) is 4.79 Å². The molecule has 0 saturated heterocycles. The highest BCUT2D eigenvalue weighted by molar-refractivity contribution is 5.82. The summed E-state index contributed by atoms with van der Waals surface area (Å²) in [4.78, 5) is 11.4. The van der Waals surface area contributed by atoms with Gasteiger partial charge in [-0.2, -0.15) is 0 Å². The van der Waals surface area contributed by atoms with Gasteiger partial charge in [0.25, 0.3) is 0 Å². The Labute approximate surface area is 106 Å². The smallest absolute Gasteiger partial charge is 0.330 e. The van der Waals surface area contributed by atoms with Crippen LogP contribution < -0.4 is 0 Å². The third-order valence-electron chi connectivity index (χ3n) is 2.81. The zero-order chi connectivity index (χ0) is 12.9. The Balaban J connectivity index is 4.12. The molecule has 0 aliphatic heterocycles. The molecule has 0 aromatic rings. The van der Waals surface area contributed by atoms with Crippen molar-refractivity contribution in [2.45, 2.75) is 72.1 Å². The minimum Gasteiger partial charge on any atom is -0.463 e. The third kappa shape index (κ3) is 10.1. The highest BCUT2D eigenvalue weighted by Crippen LogP contribution is 2.16. The van der Waals surface area contributed by atoms with E-state index in [1.807, 2.05) is 6.92 Å². The predicted octanol–water partition coefficient (Wildman–Crippen LogP) is 4.64. The Kier molecular flexibility index (Phi) is 11.1. The van der Waals surface area contributed by atoms with E-state index in [1.165, 1.54) is 44.1 Å². The second-order valence-corrected chi connectivity index (χ2v) is 4.47. The van der Waals surface area contributed by atoms with E-state index in [4.69, 9.17) is 4.74 Å². The van der Waals surface area contributed by atoms with E-state index in [-0.39, 0.29) is 5.97 Å². The maximum absolute atomic E-state index is 11.4. The van der Waals surface area contributed by atoms with Crippen molar-refractivity contribution in [2.24, 2.45) is 0 Å². The van der Waals surface area contributed by atoms with Gasteiger partial charge in [-0.3, -0.25) is 0 Å². The SMILES string of the molecule is CCCCCC(=CC(=O)OCC)CCCCC.